The topological polar surface area (TPSA) is 59.0 Å². The number of para-hydroxylation sites is 1. The van der Waals surface area contributed by atoms with E-state index < -0.39 is 11.4 Å². The van der Waals surface area contributed by atoms with Gasteiger partial charge in [0.25, 0.3) is 0 Å². The highest BCUT2D eigenvalue weighted by atomic mass is 16.5. The molecule has 0 aliphatic carbocycles. The average molecular weight is 291 g/mol. The maximum Gasteiger partial charge on any atom is 0.313 e. The van der Waals surface area contributed by atoms with Crippen LogP contribution >= 0.6 is 0 Å². The van der Waals surface area contributed by atoms with E-state index in [1.54, 1.807) is 0 Å². The van der Waals surface area contributed by atoms with Crippen LogP contribution in [0, 0.1) is 5.41 Å². The molecule has 1 aromatic rings. The zero-order valence-corrected chi connectivity index (χ0v) is 12.1. The molecule has 0 bridgehead atoms. The van der Waals surface area contributed by atoms with Crippen molar-refractivity contribution in [3.8, 4) is 5.75 Å². The fraction of sp³-hybridized carbons (Fsp3) is 0.562. The van der Waals surface area contributed by atoms with Crippen LogP contribution in [0.25, 0.3) is 0 Å². The lowest BCUT2D eigenvalue weighted by Crippen LogP contribution is -2.48. The van der Waals surface area contributed by atoms with E-state index in [1.807, 2.05) is 24.3 Å². The molecule has 1 atom stereocenters. The highest BCUT2D eigenvalue weighted by Gasteiger charge is 2.42. The van der Waals surface area contributed by atoms with Gasteiger partial charge in [-0.25, -0.2) is 0 Å². The van der Waals surface area contributed by atoms with Gasteiger partial charge in [-0.15, -0.1) is 0 Å². The number of aliphatic carboxylic acids is 1. The lowest BCUT2D eigenvalue weighted by molar-refractivity contribution is -0.159. The Morgan fingerprint density at radius 3 is 2.95 bits per heavy atom. The molecule has 0 amide bonds. The molecule has 5 heteroatoms. The van der Waals surface area contributed by atoms with E-state index >= 15 is 0 Å². The predicted octanol–water partition coefficient (Wildman–Crippen LogP) is 1.76. The molecule has 1 N–H and O–H groups in total. The number of rotatable bonds is 3. The second-order valence-electron chi connectivity index (χ2n) is 5.91. The molecular weight excluding hydrogens is 270 g/mol. The molecule has 2 aliphatic rings. The molecule has 0 saturated carbocycles. The molecule has 2 aliphatic heterocycles. The molecule has 1 fully saturated rings. The number of benzene rings is 1. The molecule has 5 nitrogen and oxygen atoms in total. The van der Waals surface area contributed by atoms with Gasteiger partial charge in [-0.1, -0.05) is 18.2 Å². The van der Waals surface area contributed by atoms with Gasteiger partial charge in [0.05, 0.1) is 6.61 Å². The van der Waals surface area contributed by atoms with Crippen molar-refractivity contribution in [3.05, 3.63) is 29.8 Å². The first kappa shape index (κ1) is 14.4. The first-order chi connectivity index (χ1) is 10.2. The number of hydrogen-bond donors (Lipinski definition) is 1. The molecule has 114 valence electrons. The number of hydrogen-bond acceptors (Lipinski definition) is 4. The number of ether oxygens (including phenoxy) is 2. The van der Waals surface area contributed by atoms with E-state index in [-0.39, 0.29) is 0 Å². The van der Waals surface area contributed by atoms with E-state index in [1.165, 1.54) is 0 Å². The van der Waals surface area contributed by atoms with Crippen LogP contribution in [0.5, 0.6) is 5.75 Å². The molecule has 1 unspecified atom stereocenters. The van der Waals surface area contributed by atoms with Crippen LogP contribution in [0.1, 0.15) is 18.4 Å². The first-order valence-electron chi connectivity index (χ1n) is 7.44. The minimum atomic E-state index is -0.780. The fourth-order valence-corrected chi connectivity index (χ4v) is 3.16. The highest BCUT2D eigenvalue weighted by Crippen LogP contribution is 2.32. The summed E-state index contributed by atoms with van der Waals surface area (Å²) < 4.78 is 11.2. The quantitative estimate of drug-likeness (QED) is 0.919. The summed E-state index contributed by atoms with van der Waals surface area (Å²) in [5.74, 6) is 0.157. The van der Waals surface area contributed by atoms with Gasteiger partial charge in [-0.2, -0.15) is 0 Å². The lowest BCUT2D eigenvalue weighted by Gasteiger charge is -2.37. The number of nitrogens with zero attached hydrogens (tertiary/aromatic N) is 1. The van der Waals surface area contributed by atoms with Crippen molar-refractivity contribution >= 4 is 5.97 Å². The summed E-state index contributed by atoms with van der Waals surface area (Å²) in [6.45, 7) is 3.55. The highest BCUT2D eigenvalue weighted by molar-refractivity contribution is 5.75. The van der Waals surface area contributed by atoms with E-state index in [9.17, 15) is 9.90 Å². The lowest BCUT2D eigenvalue weighted by atomic mass is 9.82. The number of carboxylic acid groups (broad SMARTS) is 1. The van der Waals surface area contributed by atoms with Gasteiger partial charge in [0.15, 0.2) is 0 Å². The molecular formula is C16H21NO4. The molecule has 0 radical (unpaired) electrons. The molecule has 1 saturated heterocycles. The van der Waals surface area contributed by atoms with Crippen LogP contribution in [-0.2, 0) is 16.1 Å². The van der Waals surface area contributed by atoms with Crippen molar-refractivity contribution in [2.24, 2.45) is 5.41 Å². The summed E-state index contributed by atoms with van der Waals surface area (Å²) in [6.07, 6.45) is 1.49. The fourth-order valence-electron chi connectivity index (χ4n) is 3.16. The number of fused-ring (bicyclic) bond motifs is 1. The van der Waals surface area contributed by atoms with Gasteiger partial charge in [-0.3, -0.25) is 9.69 Å². The van der Waals surface area contributed by atoms with E-state index in [4.69, 9.17) is 9.47 Å². The van der Waals surface area contributed by atoms with E-state index in [0.717, 1.165) is 30.8 Å². The second kappa shape index (κ2) is 6.03. The molecule has 21 heavy (non-hydrogen) atoms. The summed E-state index contributed by atoms with van der Waals surface area (Å²) in [5.41, 5.74) is 0.338. The van der Waals surface area contributed by atoms with Crippen molar-refractivity contribution in [2.75, 3.05) is 32.9 Å². The van der Waals surface area contributed by atoms with Crippen LogP contribution in [-0.4, -0.2) is 48.9 Å². The van der Waals surface area contributed by atoms with Gasteiger partial charge in [0.2, 0.25) is 0 Å². The van der Waals surface area contributed by atoms with Crippen molar-refractivity contribution in [1.82, 2.24) is 4.90 Å². The second-order valence-corrected chi connectivity index (χ2v) is 5.91. The zero-order chi connectivity index (χ0) is 14.7. The van der Waals surface area contributed by atoms with Gasteiger partial charge in [-0.05, 0) is 18.9 Å². The minimum Gasteiger partial charge on any atom is -0.492 e. The molecule has 0 spiro atoms. The Hall–Kier alpha value is -1.59. The smallest absolute Gasteiger partial charge is 0.313 e. The largest absolute Gasteiger partial charge is 0.492 e. The summed E-state index contributed by atoms with van der Waals surface area (Å²) in [7, 11) is 0. The van der Waals surface area contributed by atoms with Crippen LogP contribution in [0.15, 0.2) is 24.3 Å². The van der Waals surface area contributed by atoms with Crippen molar-refractivity contribution in [3.63, 3.8) is 0 Å². The first-order valence-corrected chi connectivity index (χ1v) is 7.44. The summed E-state index contributed by atoms with van der Waals surface area (Å²) in [5, 5.41) is 9.65. The van der Waals surface area contributed by atoms with Crippen molar-refractivity contribution < 1.29 is 19.4 Å². The minimum absolute atomic E-state index is 0.307. The normalized spacial score (nSPS) is 26.5. The Morgan fingerprint density at radius 2 is 2.19 bits per heavy atom. The van der Waals surface area contributed by atoms with Gasteiger partial charge in [0, 0.05) is 31.8 Å². The van der Waals surface area contributed by atoms with Gasteiger partial charge < -0.3 is 14.6 Å². The van der Waals surface area contributed by atoms with Crippen molar-refractivity contribution in [1.29, 1.82) is 0 Å². The molecule has 3 rings (SSSR count). The van der Waals surface area contributed by atoms with Crippen LogP contribution in [0.4, 0.5) is 0 Å². The molecule has 0 aromatic heterocycles. The summed E-state index contributed by atoms with van der Waals surface area (Å²) >= 11 is 0. The molecule has 2 heterocycles. The summed E-state index contributed by atoms with van der Waals surface area (Å²) in [4.78, 5) is 13.9. The third-order valence-corrected chi connectivity index (χ3v) is 4.33. The third-order valence-electron chi connectivity index (χ3n) is 4.33. The Kier molecular flexibility index (Phi) is 4.12. The Bertz CT molecular complexity index is 511. The maximum absolute atomic E-state index is 11.7. The van der Waals surface area contributed by atoms with Gasteiger partial charge in [0.1, 0.15) is 17.8 Å². The van der Waals surface area contributed by atoms with Crippen LogP contribution in [0.3, 0.4) is 0 Å². The van der Waals surface area contributed by atoms with Crippen LogP contribution < -0.4 is 4.74 Å². The molecule has 1 aromatic carbocycles. The standard InChI is InChI=1S/C16H21NO4/c18-15(19)16(6-3-8-20-12-16)11-17-7-9-21-14-5-2-1-4-13(14)10-17/h1-2,4-5H,3,6-12H2,(H,18,19). The number of carbonyl (C=O) groups is 1. The third kappa shape index (κ3) is 3.04. The van der Waals surface area contributed by atoms with Gasteiger partial charge >= 0.3 is 5.97 Å². The predicted molar refractivity (Wildman–Crippen MR) is 77.3 cm³/mol. The maximum atomic E-state index is 11.7. The zero-order valence-electron chi connectivity index (χ0n) is 12.1. The van der Waals surface area contributed by atoms with E-state index in [0.29, 0.717) is 32.8 Å². The van der Waals surface area contributed by atoms with Crippen LogP contribution in [0.2, 0.25) is 0 Å². The average Bonchev–Trinajstić information content (AvgIpc) is 2.69. The van der Waals surface area contributed by atoms with E-state index in [2.05, 4.69) is 4.90 Å². The number of carboxylic acids is 1. The summed E-state index contributed by atoms with van der Waals surface area (Å²) in [6, 6.07) is 7.96. The Balaban J connectivity index is 1.76. The Labute approximate surface area is 124 Å². The van der Waals surface area contributed by atoms with Crippen molar-refractivity contribution in [2.45, 2.75) is 19.4 Å². The SMILES string of the molecule is O=C(O)C1(CN2CCOc3ccccc3C2)CCCOC1. The Morgan fingerprint density at radius 1 is 1.33 bits per heavy atom. The monoisotopic (exact) mass is 291 g/mol.